The lowest BCUT2D eigenvalue weighted by Crippen LogP contribution is -2.14. The quantitative estimate of drug-likeness (QED) is 0.178. The second-order valence-electron chi connectivity index (χ2n) is 16.4. The third-order valence-corrected chi connectivity index (χ3v) is 12.9. The Hall–Kier alpha value is -7.89. The van der Waals surface area contributed by atoms with Crippen molar-refractivity contribution in [3.8, 4) is 28.5 Å². The summed E-state index contributed by atoms with van der Waals surface area (Å²) in [5, 5.41) is 13.7. The van der Waals surface area contributed by atoms with Crippen LogP contribution >= 0.6 is 0 Å². The number of fused-ring (bicyclic) bond motifs is 12. The average molecular weight is 781 g/mol. The molecule has 2 unspecified atom stereocenters. The van der Waals surface area contributed by atoms with E-state index in [0.29, 0.717) is 11.6 Å². The van der Waals surface area contributed by atoms with Gasteiger partial charge in [0.2, 0.25) is 0 Å². The number of hydrogen-bond donors (Lipinski definition) is 0. The number of furan rings is 1. The Bertz CT molecular complexity index is 3870. The van der Waals surface area contributed by atoms with Crippen molar-refractivity contribution in [2.24, 2.45) is 5.92 Å². The van der Waals surface area contributed by atoms with Crippen molar-refractivity contribution >= 4 is 86.8 Å². The van der Waals surface area contributed by atoms with E-state index in [9.17, 15) is 0 Å². The summed E-state index contributed by atoms with van der Waals surface area (Å²) in [6.45, 7) is 2.23. The SMILES string of the molecule is CC1C=CC=CC1c1nc(-c2ccc3ccccc3c2)nc(-c2c(-n3c4cc5ccccc5cc4c4ccc5ccccc5c43)ccc3c2oc2c4ccccc4ccc32)n1. The van der Waals surface area contributed by atoms with Gasteiger partial charge < -0.3 is 8.98 Å². The second kappa shape index (κ2) is 13.1. The smallest absolute Gasteiger partial charge is 0.169 e. The van der Waals surface area contributed by atoms with Gasteiger partial charge in [-0.1, -0.05) is 159 Å². The highest BCUT2D eigenvalue weighted by atomic mass is 16.3. The Morgan fingerprint density at radius 1 is 0.459 bits per heavy atom. The predicted octanol–water partition coefficient (Wildman–Crippen LogP) is 14.7. The lowest BCUT2D eigenvalue weighted by molar-refractivity contribution is 0.600. The zero-order chi connectivity index (χ0) is 40.2. The van der Waals surface area contributed by atoms with E-state index in [2.05, 4.69) is 200 Å². The van der Waals surface area contributed by atoms with Crippen LogP contribution in [-0.4, -0.2) is 19.5 Å². The summed E-state index contributed by atoms with van der Waals surface area (Å²) in [5.74, 6) is 2.07. The van der Waals surface area contributed by atoms with Gasteiger partial charge in [-0.25, -0.2) is 15.0 Å². The molecule has 0 bridgehead atoms. The van der Waals surface area contributed by atoms with Gasteiger partial charge in [0.25, 0.3) is 0 Å². The van der Waals surface area contributed by atoms with Crippen molar-refractivity contribution in [3.63, 3.8) is 0 Å². The molecule has 13 rings (SSSR count). The first-order chi connectivity index (χ1) is 30.1. The minimum atomic E-state index is -0.0447. The van der Waals surface area contributed by atoms with Crippen molar-refractivity contribution in [2.45, 2.75) is 12.8 Å². The molecular weight excluding hydrogens is 745 g/mol. The summed E-state index contributed by atoms with van der Waals surface area (Å²) >= 11 is 0. The van der Waals surface area contributed by atoms with Gasteiger partial charge in [-0.15, -0.1) is 0 Å². The minimum Gasteiger partial charge on any atom is -0.455 e. The molecule has 3 aromatic heterocycles. The van der Waals surface area contributed by atoms with E-state index in [0.717, 1.165) is 71.8 Å². The molecule has 0 fully saturated rings. The Balaban J connectivity index is 1.20. The molecule has 0 spiro atoms. The van der Waals surface area contributed by atoms with Crippen LogP contribution in [0.15, 0.2) is 193 Å². The summed E-state index contributed by atoms with van der Waals surface area (Å²) in [7, 11) is 0. The number of aromatic nitrogens is 4. The van der Waals surface area contributed by atoms with E-state index in [-0.39, 0.29) is 11.8 Å². The van der Waals surface area contributed by atoms with Crippen molar-refractivity contribution in [3.05, 3.63) is 194 Å². The lowest BCUT2D eigenvalue weighted by Gasteiger charge is -2.21. The standard InChI is InChI=1S/C56H36N4O/c1-33-12-2-9-19-41(33)55-57-54(40-23-22-34-13-3-4-16-37(34)30-40)58-56(59-55)50-48(29-28-46-45-27-25-36-15-8-11-21-43(36)52(45)61-53(46)50)60-49-32-39-18-6-5-17-38(39)31-47(49)44-26-24-35-14-7-10-20-42(35)51(44)60/h2-33,41H,1H3. The van der Waals surface area contributed by atoms with Gasteiger partial charge in [0.1, 0.15) is 17.0 Å². The van der Waals surface area contributed by atoms with Crippen molar-refractivity contribution in [2.75, 3.05) is 0 Å². The van der Waals surface area contributed by atoms with E-state index < -0.39 is 0 Å². The van der Waals surface area contributed by atoms with Crippen LogP contribution in [0.3, 0.4) is 0 Å². The molecular formula is C56H36N4O. The van der Waals surface area contributed by atoms with Gasteiger partial charge in [-0.3, -0.25) is 0 Å². The molecule has 5 nitrogen and oxygen atoms in total. The van der Waals surface area contributed by atoms with E-state index in [1.807, 2.05) is 0 Å². The molecule has 0 radical (unpaired) electrons. The van der Waals surface area contributed by atoms with Gasteiger partial charge in [0.15, 0.2) is 11.6 Å². The number of benzene rings is 9. The van der Waals surface area contributed by atoms with Crippen LogP contribution in [0, 0.1) is 5.92 Å². The third-order valence-electron chi connectivity index (χ3n) is 12.9. The fraction of sp³-hybridized carbons (Fsp3) is 0.0536. The van der Waals surface area contributed by atoms with Crippen LogP contribution in [-0.2, 0) is 0 Å². The molecule has 286 valence electrons. The molecule has 0 amide bonds. The largest absolute Gasteiger partial charge is 0.455 e. The van der Waals surface area contributed by atoms with Gasteiger partial charge in [0.05, 0.1) is 22.3 Å². The highest BCUT2D eigenvalue weighted by Crippen LogP contribution is 2.46. The predicted molar refractivity (Wildman–Crippen MR) is 253 cm³/mol. The zero-order valence-electron chi connectivity index (χ0n) is 33.2. The number of hydrogen-bond acceptors (Lipinski definition) is 4. The van der Waals surface area contributed by atoms with E-state index in [1.54, 1.807) is 0 Å². The zero-order valence-corrected chi connectivity index (χ0v) is 33.2. The summed E-state index contributed by atoms with van der Waals surface area (Å²) in [4.78, 5) is 16.3. The molecule has 9 aromatic carbocycles. The number of rotatable bonds is 4. The van der Waals surface area contributed by atoms with Crippen LogP contribution in [0.5, 0.6) is 0 Å². The fourth-order valence-electron chi connectivity index (χ4n) is 9.82. The van der Waals surface area contributed by atoms with Crippen molar-refractivity contribution < 1.29 is 4.42 Å². The molecule has 1 aliphatic carbocycles. The Kier molecular flexibility index (Phi) is 7.28. The highest BCUT2D eigenvalue weighted by Gasteiger charge is 2.28. The van der Waals surface area contributed by atoms with Crippen LogP contribution in [0.4, 0.5) is 0 Å². The normalized spacial score (nSPS) is 15.5. The van der Waals surface area contributed by atoms with E-state index in [1.165, 1.54) is 37.7 Å². The van der Waals surface area contributed by atoms with Crippen LogP contribution < -0.4 is 0 Å². The fourth-order valence-corrected chi connectivity index (χ4v) is 9.82. The summed E-state index contributed by atoms with van der Waals surface area (Å²) < 4.78 is 9.68. The molecule has 0 N–H and O–H groups in total. The highest BCUT2D eigenvalue weighted by molar-refractivity contribution is 6.22. The number of allylic oxidation sites excluding steroid dienone is 4. The second-order valence-corrected chi connectivity index (χ2v) is 16.4. The molecule has 1 aliphatic rings. The third kappa shape index (κ3) is 5.17. The first kappa shape index (κ1) is 34.0. The Morgan fingerprint density at radius 2 is 1.07 bits per heavy atom. The van der Waals surface area contributed by atoms with Crippen LogP contribution in [0.25, 0.3) is 115 Å². The lowest BCUT2D eigenvalue weighted by atomic mass is 9.89. The average Bonchev–Trinajstić information content (AvgIpc) is 3.86. The molecule has 0 saturated heterocycles. The van der Waals surface area contributed by atoms with Gasteiger partial charge in [-0.2, -0.15) is 0 Å². The summed E-state index contributed by atoms with van der Waals surface area (Å²) in [6, 6.07) is 58.7. The Morgan fingerprint density at radius 3 is 1.87 bits per heavy atom. The Labute approximate surface area is 350 Å². The van der Waals surface area contributed by atoms with Gasteiger partial charge in [0, 0.05) is 43.8 Å². The topological polar surface area (TPSA) is 56.7 Å². The maximum absolute atomic E-state index is 7.24. The summed E-state index contributed by atoms with van der Waals surface area (Å²) in [5.41, 5.74) is 6.53. The van der Waals surface area contributed by atoms with Gasteiger partial charge >= 0.3 is 0 Å². The molecule has 2 atom stereocenters. The maximum atomic E-state index is 7.24. The maximum Gasteiger partial charge on any atom is 0.169 e. The van der Waals surface area contributed by atoms with E-state index in [4.69, 9.17) is 19.4 Å². The van der Waals surface area contributed by atoms with Crippen LogP contribution in [0.1, 0.15) is 18.7 Å². The first-order valence-corrected chi connectivity index (χ1v) is 21.0. The molecule has 12 aromatic rings. The molecule has 0 saturated carbocycles. The molecule has 3 heterocycles. The van der Waals surface area contributed by atoms with E-state index >= 15 is 0 Å². The van der Waals surface area contributed by atoms with Gasteiger partial charge in [-0.05, 0) is 74.6 Å². The van der Waals surface area contributed by atoms with Crippen LogP contribution in [0.2, 0.25) is 0 Å². The number of nitrogens with zero attached hydrogens (tertiary/aromatic N) is 4. The first-order valence-electron chi connectivity index (χ1n) is 21.0. The monoisotopic (exact) mass is 780 g/mol. The molecule has 61 heavy (non-hydrogen) atoms. The minimum absolute atomic E-state index is 0.0447. The summed E-state index contributed by atoms with van der Waals surface area (Å²) in [6.07, 6.45) is 8.66. The molecule has 5 heteroatoms. The van der Waals surface area contributed by atoms with Crippen molar-refractivity contribution in [1.29, 1.82) is 0 Å². The van der Waals surface area contributed by atoms with Crippen molar-refractivity contribution in [1.82, 2.24) is 19.5 Å². The molecule has 0 aliphatic heterocycles.